The Labute approximate surface area is 110 Å². The molecule has 102 valence electrons. The maximum atomic E-state index is 9.58. The highest BCUT2D eigenvalue weighted by molar-refractivity contribution is 5.23. The van der Waals surface area contributed by atoms with Crippen LogP contribution in [-0.4, -0.2) is 31.5 Å². The average Bonchev–Trinajstić information content (AvgIpc) is 2.38. The first-order valence-corrected chi connectivity index (χ1v) is 6.57. The van der Waals surface area contributed by atoms with Crippen LogP contribution in [0, 0.1) is 5.92 Å². The van der Waals surface area contributed by atoms with Crippen LogP contribution in [0.15, 0.2) is 30.3 Å². The van der Waals surface area contributed by atoms with E-state index in [1.165, 1.54) is 0 Å². The number of ether oxygens (including phenoxy) is 1. The van der Waals surface area contributed by atoms with Gasteiger partial charge in [-0.1, -0.05) is 44.2 Å². The zero-order valence-corrected chi connectivity index (χ0v) is 11.6. The lowest BCUT2D eigenvalue weighted by molar-refractivity contribution is 0.0978. The zero-order chi connectivity index (χ0) is 13.4. The second-order valence-corrected chi connectivity index (χ2v) is 5.25. The summed E-state index contributed by atoms with van der Waals surface area (Å²) in [5.41, 5.74) is 0.694. The van der Waals surface area contributed by atoms with Crippen LogP contribution in [0.1, 0.15) is 26.3 Å². The Morgan fingerprint density at radius 1 is 1.28 bits per heavy atom. The minimum absolute atomic E-state index is 0.0706. The van der Waals surface area contributed by atoms with Gasteiger partial charge in [-0.2, -0.15) is 0 Å². The Morgan fingerprint density at radius 3 is 2.50 bits per heavy atom. The normalized spacial score (nSPS) is 14.7. The third-order valence-electron chi connectivity index (χ3n) is 2.94. The van der Waals surface area contributed by atoms with Gasteiger partial charge < -0.3 is 15.2 Å². The van der Waals surface area contributed by atoms with E-state index in [0.717, 1.165) is 18.7 Å². The number of hydrogen-bond donors (Lipinski definition) is 2. The van der Waals surface area contributed by atoms with Crippen molar-refractivity contribution in [3.63, 3.8) is 0 Å². The highest BCUT2D eigenvalue weighted by atomic mass is 16.5. The fraction of sp³-hybridized carbons (Fsp3) is 0.600. The van der Waals surface area contributed by atoms with Gasteiger partial charge >= 0.3 is 0 Å². The first-order chi connectivity index (χ1) is 8.58. The van der Waals surface area contributed by atoms with Crippen molar-refractivity contribution in [1.29, 1.82) is 0 Å². The lowest BCUT2D eigenvalue weighted by Gasteiger charge is -2.29. The van der Waals surface area contributed by atoms with Gasteiger partial charge in [0.05, 0.1) is 18.8 Å². The molecule has 0 spiro atoms. The van der Waals surface area contributed by atoms with Crippen LogP contribution < -0.4 is 5.32 Å². The quantitative estimate of drug-likeness (QED) is 0.696. The van der Waals surface area contributed by atoms with Crippen molar-refractivity contribution in [1.82, 2.24) is 5.32 Å². The Hall–Kier alpha value is -0.900. The van der Waals surface area contributed by atoms with E-state index >= 15 is 0 Å². The molecule has 1 aromatic rings. The molecular weight excluding hydrogens is 226 g/mol. The molecule has 3 heteroatoms. The molecule has 18 heavy (non-hydrogen) atoms. The van der Waals surface area contributed by atoms with Gasteiger partial charge in [0.1, 0.15) is 0 Å². The van der Waals surface area contributed by atoms with Crippen molar-refractivity contribution in [3.8, 4) is 0 Å². The van der Waals surface area contributed by atoms with E-state index in [2.05, 4.69) is 19.2 Å². The molecule has 0 amide bonds. The highest BCUT2D eigenvalue weighted by Crippen LogP contribution is 2.19. The molecule has 0 saturated carbocycles. The van der Waals surface area contributed by atoms with Gasteiger partial charge in [-0.3, -0.25) is 0 Å². The third-order valence-corrected chi connectivity index (χ3v) is 2.94. The summed E-state index contributed by atoms with van der Waals surface area (Å²) in [4.78, 5) is 0. The van der Waals surface area contributed by atoms with Crippen LogP contribution in [0.4, 0.5) is 0 Å². The number of aliphatic hydroxyl groups is 1. The second kappa shape index (κ2) is 7.52. The van der Waals surface area contributed by atoms with E-state index in [4.69, 9.17) is 4.74 Å². The van der Waals surface area contributed by atoms with E-state index in [1.54, 1.807) is 0 Å². The van der Waals surface area contributed by atoms with Crippen molar-refractivity contribution >= 4 is 0 Å². The zero-order valence-electron chi connectivity index (χ0n) is 11.6. The number of nitrogens with one attached hydrogen (secondary N) is 1. The summed E-state index contributed by atoms with van der Waals surface area (Å²) >= 11 is 0. The van der Waals surface area contributed by atoms with E-state index in [9.17, 15) is 5.11 Å². The van der Waals surface area contributed by atoms with Crippen LogP contribution in [0.2, 0.25) is 0 Å². The third kappa shape index (κ3) is 4.77. The van der Waals surface area contributed by atoms with Gasteiger partial charge in [0.25, 0.3) is 0 Å². The van der Waals surface area contributed by atoms with Gasteiger partial charge in [0.15, 0.2) is 0 Å². The summed E-state index contributed by atoms with van der Waals surface area (Å²) < 4.78 is 5.53. The predicted octanol–water partition coefficient (Wildman–Crippen LogP) is 2.16. The molecule has 0 aliphatic heterocycles. The van der Waals surface area contributed by atoms with Gasteiger partial charge in [-0.25, -0.2) is 0 Å². The largest absolute Gasteiger partial charge is 0.394 e. The Balaban J connectivity index is 2.42. The van der Waals surface area contributed by atoms with Crippen LogP contribution in [0.25, 0.3) is 0 Å². The van der Waals surface area contributed by atoms with Crippen molar-refractivity contribution < 1.29 is 9.84 Å². The topological polar surface area (TPSA) is 41.5 Å². The van der Waals surface area contributed by atoms with Crippen LogP contribution in [0.5, 0.6) is 0 Å². The van der Waals surface area contributed by atoms with Gasteiger partial charge in [0, 0.05) is 13.2 Å². The Morgan fingerprint density at radius 2 is 1.94 bits per heavy atom. The Bertz CT molecular complexity index is 327. The van der Waals surface area contributed by atoms with E-state index < -0.39 is 5.54 Å². The molecule has 0 saturated heterocycles. The number of benzene rings is 1. The number of hydrogen-bond acceptors (Lipinski definition) is 3. The summed E-state index contributed by atoms with van der Waals surface area (Å²) in [5, 5.41) is 12.9. The molecule has 0 radical (unpaired) electrons. The van der Waals surface area contributed by atoms with Crippen LogP contribution in [-0.2, 0) is 10.3 Å². The average molecular weight is 251 g/mol. The predicted molar refractivity (Wildman–Crippen MR) is 74.5 cm³/mol. The Kier molecular flexibility index (Phi) is 6.33. The molecule has 0 aromatic heterocycles. The van der Waals surface area contributed by atoms with Gasteiger partial charge in [-0.05, 0) is 18.4 Å². The first-order valence-electron chi connectivity index (χ1n) is 6.57. The summed E-state index contributed by atoms with van der Waals surface area (Å²) in [6.07, 6.45) is 0. The van der Waals surface area contributed by atoms with E-state index in [-0.39, 0.29) is 6.61 Å². The first kappa shape index (κ1) is 15.2. The highest BCUT2D eigenvalue weighted by Gasteiger charge is 2.24. The molecular formula is C15H25NO2. The minimum Gasteiger partial charge on any atom is -0.394 e. The second-order valence-electron chi connectivity index (χ2n) is 5.25. The number of rotatable bonds is 8. The molecule has 1 atom stereocenters. The van der Waals surface area contributed by atoms with Gasteiger partial charge in [-0.15, -0.1) is 0 Å². The molecule has 1 aromatic carbocycles. The summed E-state index contributed by atoms with van der Waals surface area (Å²) in [6, 6.07) is 10.0. The minimum atomic E-state index is -0.400. The fourth-order valence-electron chi connectivity index (χ4n) is 1.77. The monoisotopic (exact) mass is 251 g/mol. The maximum Gasteiger partial charge on any atom is 0.0652 e. The van der Waals surface area contributed by atoms with E-state index in [0.29, 0.717) is 12.5 Å². The fourth-order valence-corrected chi connectivity index (χ4v) is 1.77. The smallest absolute Gasteiger partial charge is 0.0652 e. The maximum absolute atomic E-state index is 9.58. The standard InChI is InChI=1S/C15H25NO2/c1-13(2)11-18-10-9-16-15(3,12-17)14-7-5-4-6-8-14/h4-8,13,16-17H,9-12H2,1-3H3. The molecule has 0 aliphatic rings. The molecule has 0 fully saturated rings. The summed E-state index contributed by atoms with van der Waals surface area (Å²) in [5.74, 6) is 0.559. The summed E-state index contributed by atoms with van der Waals surface area (Å²) in [6.45, 7) is 8.53. The lowest BCUT2D eigenvalue weighted by atomic mass is 9.93. The van der Waals surface area contributed by atoms with Gasteiger partial charge in [0.2, 0.25) is 0 Å². The van der Waals surface area contributed by atoms with E-state index in [1.807, 2.05) is 37.3 Å². The molecule has 1 unspecified atom stereocenters. The SMILES string of the molecule is CC(C)COCCNC(C)(CO)c1ccccc1. The van der Waals surface area contributed by atoms with Crippen molar-refractivity contribution in [3.05, 3.63) is 35.9 Å². The van der Waals surface area contributed by atoms with Crippen LogP contribution in [0.3, 0.4) is 0 Å². The molecule has 1 rings (SSSR count). The molecule has 0 aliphatic carbocycles. The molecule has 2 N–H and O–H groups in total. The van der Waals surface area contributed by atoms with Crippen LogP contribution >= 0.6 is 0 Å². The van der Waals surface area contributed by atoms with Crippen molar-refractivity contribution in [2.45, 2.75) is 26.3 Å². The van der Waals surface area contributed by atoms with Crippen molar-refractivity contribution in [2.24, 2.45) is 5.92 Å². The molecule has 0 heterocycles. The summed E-state index contributed by atoms with van der Waals surface area (Å²) in [7, 11) is 0. The number of aliphatic hydroxyl groups excluding tert-OH is 1. The molecule has 3 nitrogen and oxygen atoms in total. The lowest BCUT2D eigenvalue weighted by Crippen LogP contribution is -2.44. The van der Waals surface area contributed by atoms with Crippen molar-refractivity contribution in [2.75, 3.05) is 26.4 Å². The molecule has 0 bridgehead atoms.